The van der Waals surface area contributed by atoms with Crippen molar-refractivity contribution < 1.29 is 14.3 Å². The molecule has 0 amide bonds. The highest BCUT2D eigenvalue weighted by Crippen LogP contribution is 2.31. The molecule has 0 aliphatic heterocycles. The van der Waals surface area contributed by atoms with E-state index in [-0.39, 0.29) is 5.69 Å². The molecular weight excluding hydrogens is 396 g/mol. The molecule has 1 N–H and O–H groups in total. The Kier molecular flexibility index (Phi) is 5.65. The molecule has 0 radical (unpaired) electrons. The average Bonchev–Trinajstić information content (AvgIpc) is 3.27. The number of benzene rings is 2. The first-order valence-corrected chi connectivity index (χ1v) is 10.2. The van der Waals surface area contributed by atoms with E-state index in [1.807, 2.05) is 24.3 Å². The largest absolute Gasteiger partial charge is 0.465 e. The Hall–Kier alpha value is -3.39. The van der Waals surface area contributed by atoms with Crippen LogP contribution in [0.1, 0.15) is 24.2 Å². The number of rotatable bonds is 7. The maximum Gasteiger partial charge on any atom is 0.337 e. The van der Waals surface area contributed by atoms with Crippen LogP contribution < -0.4 is 5.69 Å². The molecule has 0 saturated heterocycles. The topological polar surface area (TPSA) is 91.1 Å². The summed E-state index contributed by atoms with van der Waals surface area (Å²) in [5.74, 6) is 0.724. The maximum atomic E-state index is 12.6. The monoisotopic (exact) mass is 422 g/mol. The molecule has 0 unspecified atom stereocenters. The summed E-state index contributed by atoms with van der Waals surface area (Å²) in [4.78, 5) is 32.4. The molecule has 0 saturated carbocycles. The van der Waals surface area contributed by atoms with Gasteiger partial charge >= 0.3 is 11.7 Å². The van der Waals surface area contributed by atoms with Crippen LogP contribution in [0.4, 0.5) is 0 Å². The minimum Gasteiger partial charge on any atom is -0.465 e. The Labute approximate surface area is 179 Å². The summed E-state index contributed by atoms with van der Waals surface area (Å²) in [6.07, 6.45) is 0. The summed E-state index contributed by atoms with van der Waals surface area (Å²) in [5, 5.41) is 0. The molecule has 8 heteroatoms. The zero-order chi connectivity index (χ0) is 22.1. The van der Waals surface area contributed by atoms with Gasteiger partial charge < -0.3 is 19.0 Å². The average molecular weight is 422 g/mol. The van der Waals surface area contributed by atoms with Gasteiger partial charge in [-0.25, -0.2) is 14.6 Å². The van der Waals surface area contributed by atoms with Gasteiger partial charge in [0.2, 0.25) is 0 Å². The van der Waals surface area contributed by atoms with Crippen molar-refractivity contribution in [2.24, 2.45) is 5.92 Å². The van der Waals surface area contributed by atoms with E-state index in [2.05, 4.69) is 23.4 Å². The molecule has 4 aromatic rings. The molecule has 2 aromatic heterocycles. The van der Waals surface area contributed by atoms with E-state index in [9.17, 15) is 9.59 Å². The third-order valence-corrected chi connectivity index (χ3v) is 5.27. The predicted octanol–water partition coefficient (Wildman–Crippen LogP) is 3.44. The number of ether oxygens (including phenoxy) is 2. The van der Waals surface area contributed by atoms with E-state index >= 15 is 0 Å². The van der Waals surface area contributed by atoms with E-state index in [1.165, 1.54) is 7.11 Å². The van der Waals surface area contributed by atoms with Crippen LogP contribution in [-0.4, -0.2) is 45.9 Å². The van der Waals surface area contributed by atoms with Gasteiger partial charge in [-0.05, 0) is 36.2 Å². The van der Waals surface area contributed by atoms with Crippen LogP contribution in [0, 0.1) is 5.92 Å². The van der Waals surface area contributed by atoms with Gasteiger partial charge in [-0.3, -0.25) is 4.57 Å². The molecule has 0 atom stereocenters. The molecular formula is C23H26N4O4. The lowest BCUT2D eigenvalue weighted by atomic mass is 10.1. The van der Waals surface area contributed by atoms with Crippen LogP contribution in [0.5, 0.6) is 0 Å². The molecule has 162 valence electrons. The number of methoxy groups -OCH3 is 2. The van der Waals surface area contributed by atoms with Crippen LogP contribution in [-0.2, 0) is 22.6 Å². The lowest BCUT2D eigenvalue weighted by Gasteiger charge is -2.13. The first kappa shape index (κ1) is 20.9. The lowest BCUT2D eigenvalue weighted by Crippen LogP contribution is -2.19. The SMILES string of the molecule is COCCn1c(=O)[nH]c2cccc(-c3nc4cc(C(=O)OC)ccc4n3CC(C)C)c21. The number of aromatic amines is 1. The number of hydrogen-bond donors (Lipinski definition) is 1. The van der Waals surface area contributed by atoms with Gasteiger partial charge in [-0.2, -0.15) is 0 Å². The second kappa shape index (κ2) is 8.39. The number of esters is 1. The fourth-order valence-corrected chi connectivity index (χ4v) is 3.93. The van der Waals surface area contributed by atoms with Crippen LogP contribution in [0.15, 0.2) is 41.2 Å². The lowest BCUT2D eigenvalue weighted by molar-refractivity contribution is 0.0601. The summed E-state index contributed by atoms with van der Waals surface area (Å²) >= 11 is 0. The van der Waals surface area contributed by atoms with Gasteiger partial charge in [-0.15, -0.1) is 0 Å². The fourth-order valence-electron chi connectivity index (χ4n) is 3.93. The van der Waals surface area contributed by atoms with Crippen molar-refractivity contribution in [1.82, 2.24) is 19.1 Å². The van der Waals surface area contributed by atoms with Crippen LogP contribution in [0.3, 0.4) is 0 Å². The Balaban J connectivity index is 1.99. The van der Waals surface area contributed by atoms with Crippen molar-refractivity contribution in [3.05, 3.63) is 52.4 Å². The maximum absolute atomic E-state index is 12.6. The smallest absolute Gasteiger partial charge is 0.337 e. The third kappa shape index (κ3) is 3.74. The predicted molar refractivity (Wildman–Crippen MR) is 119 cm³/mol. The van der Waals surface area contributed by atoms with Crippen LogP contribution in [0.2, 0.25) is 0 Å². The first-order chi connectivity index (χ1) is 14.9. The van der Waals surface area contributed by atoms with Crippen molar-refractivity contribution in [3.8, 4) is 11.4 Å². The number of carbonyl (C=O) groups is 1. The van der Waals surface area contributed by atoms with Crippen molar-refractivity contribution in [2.45, 2.75) is 26.9 Å². The Morgan fingerprint density at radius 2 is 1.97 bits per heavy atom. The molecule has 0 aliphatic rings. The van der Waals surface area contributed by atoms with Crippen molar-refractivity contribution in [3.63, 3.8) is 0 Å². The number of imidazole rings is 2. The summed E-state index contributed by atoms with van der Waals surface area (Å²) in [6.45, 7) is 5.88. The van der Waals surface area contributed by atoms with Gasteiger partial charge in [0.1, 0.15) is 5.82 Å². The summed E-state index contributed by atoms with van der Waals surface area (Å²) in [6, 6.07) is 11.2. The molecule has 0 bridgehead atoms. The minimum absolute atomic E-state index is 0.181. The highest BCUT2D eigenvalue weighted by molar-refractivity contribution is 5.96. The summed E-state index contributed by atoms with van der Waals surface area (Å²) in [7, 11) is 2.98. The molecule has 8 nitrogen and oxygen atoms in total. The Bertz CT molecular complexity index is 1310. The molecule has 0 spiro atoms. The molecule has 31 heavy (non-hydrogen) atoms. The van der Waals surface area contributed by atoms with Gasteiger partial charge in [0, 0.05) is 19.2 Å². The van der Waals surface area contributed by atoms with Gasteiger partial charge in [0.15, 0.2) is 0 Å². The van der Waals surface area contributed by atoms with Crippen LogP contribution >= 0.6 is 0 Å². The van der Waals surface area contributed by atoms with E-state index < -0.39 is 5.97 Å². The zero-order valence-electron chi connectivity index (χ0n) is 18.1. The van der Waals surface area contributed by atoms with Crippen molar-refractivity contribution in [1.29, 1.82) is 0 Å². The highest BCUT2D eigenvalue weighted by Gasteiger charge is 2.20. The number of fused-ring (bicyclic) bond motifs is 2. The van der Waals surface area contributed by atoms with Gasteiger partial charge in [-0.1, -0.05) is 19.9 Å². The van der Waals surface area contributed by atoms with E-state index in [1.54, 1.807) is 23.8 Å². The normalized spacial score (nSPS) is 11.6. The molecule has 2 aromatic carbocycles. The summed E-state index contributed by atoms with van der Waals surface area (Å²) < 4.78 is 13.9. The first-order valence-electron chi connectivity index (χ1n) is 10.2. The number of aromatic nitrogens is 4. The number of nitrogens with one attached hydrogen (secondary N) is 1. The van der Waals surface area contributed by atoms with Crippen LogP contribution in [0.25, 0.3) is 33.5 Å². The number of carbonyl (C=O) groups excluding carboxylic acids is 1. The quantitative estimate of drug-likeness (QED) is 0.461. The second-order valence-corrected chi connectivity index (χ2v) is 7.91. The Morgan fingerprint density at radius 1 is 1.16 bits per heavy atom. The van der Waals surface area contributed by atoms with Crippen molar-refractivity contribution in [2.75, 3.05) is 20.8 Å². The minimum atomic E-state index is -0.400. The number of nitrogens with zero attached hydrogens (tertiary/aromatic N) is 3. The zero-order valence-corrected chi connectivity index (χ0v) is 18.1. The molecule has 2 heterocycles. The standard InChI is InChI=1S/C23H26N4O4/c1-14(2)13-27-19-9-8-15(22(28)31-4)12-18(19)24-21(27)16-6-5-7-17-20(16)26(10-11-30-3)23(29)25-17/h5-9,12,14H,10-11,13H2,1-4H3,(H,25,29). The fraction of sp³-hybridized carbons (Fsp3) is 0.348. The number of hydrogen-bond acceptors (Lipinski definition) is 5. The van der Waals surface area contributed by atoms with E-state index in [0.717, 1.165) is 34.5 Å². The van der Waals surface area contributed by atoms with Crippen molar-refractivity contribution >= 4 is 28.0 Å². The van der Waals surface area contributed by atoms with Gasteiger partial charge in [0.05, 0.1) is 47.9 Å². The number of para-hydroxylation sites is 1. The second-order valence-electron chi connectivity index (χ2n) is 7.91. The number of H-pyrrole nitrogens is 1. The summed E-state index contributed by atoms with van der Waals surface area (Å²) in [5.41, 5.74) is 4.29. The van der Waals surface area contributed by atoms with E-state index in [0.29, 0.717) is 30.1 Å². The van der Waals surface area contributed by atoms with E-state index in [4.69, 9.17) is 14.5 Å². The molecule has 0 fully saturated rings. The Morgan fingerprint density at radius 3 is 2.68 bits per heavy atom. The molecule has 0 aliphatic carbocycles. The third-order valence-electron chi connectivity index (χ3n) is 5.27. The van der Waals surface area contributed by atoms with Gasteiger partial charge in [0.25, 0.3) is 0 Å². The molecule has 4 rings (SSSR count). The highest BCUT2D eigenvalue weighted by atomic mass is 16.5.